The van der Waals surface area contributed by atoms with Crippen LogP contribution in [0, 0.1) is 11.7 Å². The Morgan fingerprint density at radius 1 is 0.970 bits per heavy atom. The average molecular weight is 461 g/mol. The van der Waals surface area contributed by atoms with Crippen LogP contribution < -0.4 is 4.90 Å². The van der Waals surface area contributed by atoms with Gasteiger partial charge in [0.05, 0.1) is 24.7 Å². The predicted octanol–water partition coefficient (Wildman–Crippen LogP) is 0.513. The van der Waals surface area contributed by atoms with Crippen molar-refractivity contribution in [3.8, 4) is 0 Å². The number of halogens is 1. The maximum absolute atomic E-state index is 13.2. The molecule has 33 heavy (non-hydrogen) atoms. The molecule has 9 heteroatoms. The lowest BCUT2D eigenvalue weighted by molar-refractivity contribution is -0.239. The van der Waals surface area contributed by atoms with E-state index in [1.165, 1.54) is 29.2 Å². The molecule has 0 saturated carbocycles. The normalized spacial score (nSPS) is 33.0. The van der Waals surface area contributed by atoms with Crippen molar-refractivity contribution in [3.05, 3.63) is 66.0 Å². The molecule has 2 aromatic carbocycles. The molecular formula is C24H28FNO7. The summed E-state index contributed by atoms with van der Waals surface area (Å²) in [5, 5.41) is 51.2. The molecule has 2 aliphatic rings. The van der Waals surface area contributed by atoms with E-state index >= 15 is 0 Å². The van der Waals surface area contributed by atoms with E-state index in [1.807, 2.05) is 0 Å². The van der Waals surface area contributed by atoms with E-state index < -0.39 is 61.0 Å². The number of para-hydroxylation sites is 1. The number of aliphatic hydroxyl groups excluding tert-OH is 5. The fraction of sp³-hybridized carbons (Fsp3) is 0.458. The van der Waals surface area contributed by atoms with Crippen LogP contribution in [-0.4, -0.2) is 74.6 Å². The third-order valence-electron chi connectivity index (χ3n) is 6.57. The van der Waals surface area contributed by atoms with Crippen LogP contribution in [0.15, 0.2) is 54.6 Å². The topological polar surface area (TPSA) is 131 Å². The number of nitrogens with zero attached hydrogens (tertiary/aromatic N) is 1. The molecule has 1 amide bonds. The first-order chi connectivity index (χ1) is 15.8. The van der Waals surface area contributed by atoms with Gasteiger partial charge in [-0.1, -0.05) is 30.3 Å². The number of aliphatic hydroxyl groups is 5. The third-order valence-corrected chi connectivity index (χ3v) is 6.57. The Hall–Kier alpha value is -2.40. The molecule has 0 aliphatic carbocycles. The number of anilines is 1. The summed E-state index contributed by atoms with van der Waals surface area (Å²) in [6, 6.07) is 13.6. The van der Waals surface area contributed by atoms with Crippen molar-refractivity contribution < 1.29 is 39.5 Å². The van der Waals surface area contributed by atoms with Gasteiger partial charge in [-0.25, -0.2) is 4.39 Å². The average Bonchev–Trinajstić information content (AvgIpc) is 2.82. The smallest absolute Gasteiger partial charge is 0.232 e. The molecular weight excluding hydrogens is 433 g/mol. The van der Waals surface area contributed by atoms with Crippen LogP contribution in [0.1, 0.15) is 24.5 Å². The number of carbonyl (C=O) groups is 1. The highest BCUT2D eigenvalue weighted by Gasteiger charge is 2.57. The van der Waals surface area contributed by atoms with Gasteiger partial charge >= 0.3 is 0 Å². The summed E-state index contributed by atoms with van der Waals surface area (Å²) >= 11 is 0. The van der Waals surface area contributed by atoms with Gasteiger partial charge < -0.3 is 35.2 Å². The highest BCUT2D eigenvalue weighted by Crippen LogP contribution is 2.42. The molecule has 2 heterocycles. The third kappa shape index (κ3) is 4.52. The summed E-state index contributed by atoms with van der Waals surface area (Å²) in [7, 11) is 0. The molecule has 8 nitrogen and oxygen atoms in total. The monoisotopic (exact) mass is 461 g/mol. The Morgan fingerprint density at radius 2 is 1.64 bits per heavy atom. The fourth-order valence-corrected chi connectivity index (χ4v) is 4.73. The van der Waals surface area contributed by atoms with Crippen molar-refractivity contribution in [2.24, 2.45) is 5.92 Å². The number of rotatable bonds is 7. The molecule has 2 aliphatic heterocycles. The molecule has 0 unspecified atom stereocenters. The highest BCUT2D eigenvalue weighted by molar-refractivity contribution is 6.03. The number of hydrogen-bond acceptors (Lipinski definition) is 7. The predicted molar refractivity (Wildman–Crippen MR) is 116 cm³/mol. The lowest BCUT2D eigenvalue weighted by Crippen LogP contribution is -2.73. The van der Waals surface area contributed by atoms with Crippen molar-refractivity contribution >= 4 is 11.6 Å². The maximum Gasteiger partial charge on any atom is 0.232 e. The minimum Gasteiger partial charge on any atom is -0.394 e. The number of carbonyl (C=O) groups excluding carboxylic acids is 1. The van der Waals surface area contributed by atoms with E-state index in [2.05, 4.69) is 0 Å². The molecule has 5 N–H and O–H groups in total. The second-order valence-corrected chi connectivity index (χ2v) is 8.58. The quantitative estimate of drug-likeness (QED) is 0.380. The molecule has 2 fully saturated rings. The van der Waals surface area contributed by atoms with E-state index in [1.54, 1.807) is 30.3 Å². The molecule has 2 saturated heterocycles. The van der Waals surface area contributed by atoms with Gasteiger partial charge in [0.1, 0.15) is 36.3 Å². The second kappa shape index (κ2) is 9.84. The first kappa shape index (κ1) is 23.7. The minimum atomic E-state index is -1.56. The van der Waals surface area contributed by atoms with E-state index in [0.717, 1.165) is 0 Å². The molecule has 4 rings (SSSR count). The lowest BCUT2D eigenvalue weighted by Gasteiger charge is -2.54. The van der Waals surface area contributed by atoms with E-state index in [9.17, 15) is 34.7 Å². The SMILES string of the molecule is O=C1[C@H](CC[C@H](O)c2ccc(F)cc2)[C@@H]([C@@H]2O[C@H](CO)[C@@H](O)[C@H](O)[C@H]2O)N1c1ccccc1. The first-order valence-corrected chi connectivity index (χ1v) is 11.0. The van der Waals surface area contributed by atoms with Crippen LogP contribution in [0.3, 0.4) is 0 Å². The number of β-lactam (4-membered cyclic amide) rings is 1. The van der Waals surface area contributed by atoms with Gasteiger partial charge in [0.25, 0.3) is 0 Å². The van der Waals surface area contributed by atoms with Crippen LogP contribution in [0.25, 0.3) is 0 Å². The zero-order valence-corrected chi connectivity index (χ0v) is 17.8. The van der Waals surface area contributed by atoms with E-state index in [0.29, 0.717) is 11.3 Å². The fourth-order valence-electron chi connectivity index (χ4n) is 4.73. The van der Waals surface area contributed by atoms with Crippen LogP contribution in [0.2, 0.25) is 0 Å². The summed E-state index contributed by atoms with van der Waals surface area (Å²) < 4.78 is 18.9. The van der Waals surface area contributed by atoms with Crippen LogP contribution >= 0.6 is 0 Å². The van der Waals surface area contributed by atoms with Gasteiger partial charge in [0.2, 0.25) is 5.91 Å². The van der Waals surface area contributed by atoms with Gasteiger partial charge in [-0.2, -0.15) is 0 Å². The molecule has 0 spiro atoms. The highest BCUT2D eigenvalue weighted by atomic mass is 19.1. The molecule has 178 valence electrons. The lowest BCUT2D eigenvalue weighted by atomic mass is 9.75. The standard InChI is InChI=1S/C24H28FNO7/c25-14-8-6-13(7-9-14)17(28)11-10-16-19(26(24(16)32)15-4-2-1-3-5-15)23-22(31)21(30)20(29)18(12-27)33-23/h1-9,16-23,27-31H,10-12H2/t16-,17+,18-,19+,20-,21+,22-,23+/m1/s1. The van der Waals surface area contributed by atoms with Crippen molar-refractivity contribution in [2.45, 2.75) is 55.5 Å². The summed E-state index contributed by atoms with van der Waals surface area (Å²) in [4.78, 5) is 14.6. The minimum absolute atomic E-state index is 0.207. The second-order valence-electron chi connectivity index (χ2n) is 8.58. The van der Waals surface area contributed by atoms with Gasteiger partial charge in [0.15, 0.2) is 0 Å². The van der Waals surface area contributed by atoms with Crippen LogP contribution in [0.4, 0.5) is 10.1 Å². The molecule has 2 aromatic rings. The van der Waals surface area contributed by atoms with E-state index in [4.69, 9.17) is 4.74 Å². The summed E-state index contributed by atoms with van der Waals surface area (Å²) in [6.07, 6.45) is -7.16. The van der Waals surface area contributed by atoms with Gasteiger partial charge in [-0.05, 0) is 42.7 Å². The number of amides is 1. The first-order valence-electron chi connectivity index (χ1n) is 11.0. The van der Waals surface area contributed by atoms with Crippen molar-refractivity contribution in [3.63, 3.8) is 0 Å². The Labute approximate surface area is 190 Å². The molecule has 0 radical (unpaired) electrons. The molecule has 8 atom stereocenters. The zero-order valence-electron chi connectivity index (χ0n) is 17.8. The summed E-state index contributed by atoms with van der Waals surface area (Å²) in [5.41, 5.74) is 1.10. The Balaban J connectivity index is 1.56. The van der Waals surface area contributed by atoms with Gasteiger partial charge in [0, 0.05) is 5.69 Å². The van der Waals surface area contributed by atoms with Crippen molar-refractivity contribution in [1.29, 1.82) is 0 Å². The van der Waals surface area contributed by atoms with E-state index in [-0.39, 0.29) is 18.7 Å². The number of ether oxygens (including phenoxy) is 1. The van der Waals surface area contributed by atoms with Crippen molar-refractivity contribution in [1.82, 2.24) is 0 Å². The number of benzene rings is 2. The summed E-state index contributed by atoms with van der Waals surface area (Å²) in [5.74, 6) is -1.28. The Morgan fingerprint density at radius 3 is 2.27 bits per heavy atom. The largest absolute Gasteiger partial charge is 0.394 e. The number of hydrogen-bond donors (Lipinski definition) is 5. The van der Waals surface area contributed by atoms with Gasteiger partial charge in [-0.3, -0.25) is 4.79 Å². The Kier molecular flexibility index (Phi) is 7.08. The van der Waals surface area contributed by atoms with Crippen molar-refractivity contribution in [2.75, 3.05) is 11.5 Å². The Bertz CT molecular complexity index is 942. The summed E-state index contributed by atoms with van der Waals surface area (Å²) in [6.45, 7) is -0.568. The van der Waals surface area contributed by atoms with Crippen LogP contribution in [0.5, 0.6) is 0 Å². The van der Waals surface area contributed by atoms with Crippen LogP contribution in [-0.2, 0) is 9.53 Å². The molecule has 0 aromatic heterocycles. The van der Waals surface area contributed by atoms with Gasteiger partial charge in [-0.15, -0.1) is 0 Å². The maximum atomic E-state index is 13.2. The molecule has 0 bridgehead atoms. The zero-order chi connectivity index (χ0) is 23.7.